The molecule has 2 fully saturated rings. The van der Waals surface area contributed by atoms with Gasteiger partial charge in [-0.25, -0.2) is 0 Å². The molecule has 2 aliphatic rings. The lowest BCUT2D eigenvalue weighted by molar-refractivity contribution is 0.0241. The Labute approximate surface area is 171 Å². The zero-order valence-corrected chi connectivity index (χ0v) is 17.3. The number of nitrogens with zero attached hydrogens (tertiary/aromatic N) is 5. The molecular formula is C22H29N5O2. The summed E-state index contributed by atoms with van der Waals surface area (Å²) in [5, 5.41) is 14.6. The summed E-state index contributed by atoms with van der Waals surface area (Å²) < 4.78 is 13.6. The first-order chi connectivity index (χ1) is 14.2. The highest BCUT2D eigenvalue weighted by Gasteiger charge is 2.30. The number of benzene rings is 1. The molecule has 1 aromatic carbocycles. The molecule has 0 radical (unpaired) electrons. The molecule has 7 heteroatoms. The maximum atomic E-state index is 6.16. The zero-order valence-electron chi connectivity index (χ0n) is 17.3. The van der Waals surface area contributed by atoms with Gasteiger partial charge < -0.3 is 14.1 Å². The summed E-state index contributed by atoms with van der Waals surface area (Å²) >= 11 is 0. The van der Waals surface area contributed by atoms with Crippen molar-refractivity contribution in [1.82, 2.24) is 24.9 Å². The van der Waals surface area contributed by atoms with E-state index in [0.717, 1.165) is 74.3 Å². The fourth-order valence-electron chi connectivity index (χ4n) is 4.57. The topological polar surface area (TPSA) is 69.2 Å². The summed E-state index contributed by atoms with van der Waals surface area (Å²) in [7, 11) is 0. The summed E-state index contributed by atoms with van der Waals surface area (Å²) in [5.41, 5.74) is 1.84. The van der Waals surface area contributed by atoms with Crippen molar-refractivity contribution in [3.63, 3.8) is 0 Å². The van der Waals surface area contributed by atoms with Crippen LogP contribution in [0.1, 0.15) is 57.4 Å². The molecule has 0 saturated carbocycles. The SMILES string of the molecule is CC(C)n1cc2cccc(-c3nnc(C4CCN(C5CCOCC5)CC4)o3)c2n1. The van der Waals surface area contributed by atoms with E-state index in [2.05, 4.69) is 41.2 Å². The fraction of sp³-hybridized carbons (Fsp3) is 0.591. The summed E-state index contributed by atoms with van der Waals surface area (Å²) in [4.78, 5) is 2.62. The van der Waals surface area contributed by atoms with Crippen LogP contribution < -0.4 is 0 Å². The van der Waals surface area contributed by atoms with E-state index in [-0.39, 0.29) is 0 Å². The lowest BCUT2D eigenvalue weighted by Crippen LogP contribution is -2.43. The largest absolute Gasteiger partial charge is 0.420 e. The summed E-state index contributed by atoms with van der Waals surface area (Å²) in [6, 6.07) is 7.12. The van der Waals surface area contributed by atoms with Crippen molar-refractivity contribution in [1.29, 1.82) is 0 Å². The second-order valence-electron chi connectivity index (χ2n) is 8.55. The van der Waals surface area contributed by atoms with E-state index in [9.17, 15) is 0 Å². The second kappa shape index (κ2) is 7.88. The highest BCUT2D eigenvalue weighted by atomic mass is 16.5. The lowest BCUT2D eigenvalue weighted by atomic mass is 9.94. The molecule has 5 rings (SSSR count). The summed E-state index contributed by atoms with van der Waals surface area (Å²) in [6.45, 7) is 8.25. The quantitative estimate of drug-likeness (QED) is 0.664. The van der Waals surface area contributed by atoms with Crippen LogP contribution in [0, 0.1) is 0 Å². The molecular weight excluding hydrogens is 366 g/mol. The van der Waals surface area contributed by atoms with Crippen LogP contribution in [0.15, 0.2) is 28.8 Å². The molecule has 4 heterocycles. The van der Waals surface area contributed by atoms with Crippen molar-refractivity contribution in [3.05, 3.63) is 30.3 Å². The maximum absolute atomic E-state index is 6.16. The normalized spacial score (nSPS) is 20.1. The van der Waals surface area contributed by atoms with E-state index in [0.29, 0.717) is 23.9 Å². The van der Waals surface area contributed by atoms with Crippen molar-refractivity contribution in [2.24, 2.45) is 0 Å². The number of fused-ring (bicyclic) bond motifs is 1. The first kappa shape index (κ1) is 18.8. The van der Waals surface area contributed by atoms with Crippen LogP contribution in [-0.4, -0.2) is 57.2 Å². The number of rotatable bonds is 4. The highest BCUT2D eigenvalue weighted by Crippen LogP contribution is 2.33. The third-order valence-corrected chi connectivity index (χ3v) is 6.34. The molecule has 0 aliphatic carbocycles. The number of hydrogen-bond acceptors (Lipinski definition) is 6. The molecule has 0 bridgehead atoms. The third kappa shape index (κ3) is 3.69. The van der Waals surface area contributed by atoms with E-state index in [4.69, 9.17) is 14.3 Å². The summed E-state index contributed by atoms with van der Waals surface area (Å²) in [5.74, 6) is 1.69. The Bertz CT molecular complexity index is 965. The lowest BCUT2D eigenvalue weighted by Gasteiger charge is -2.38. The van der Waals surface area contributed by atoms with Crippen LogP contribution in [0.2, 0.25) is 0 Å². The number of piperidine rings is 1. The molecule has 0 spiro atoms. The zero-order chi connectivity index (χ0) is 19.8. The van der Waals surface area contributed by atoms with E-state index in [1.807, 2.05) is 16.8 Å². The minimum Gasteiger partial charge on any atom is -0.420 e. The van der Waals surface area contributed by atoms with Gasteiger partial charge in [-0.3, -0.25) is 4.68 Å². The van der Waals surface area contributed by atoms with E-state index >= 15 is 0 Å². The van der Waals surface area contributed by atoms with Gasteiger partial charge in [-0.1, -0.05) is 12.1 Å². The molecule has 3 aromatic rings. The van der Waals surface area contributed by atoms with Gasteiger partial charge in [0, 0.05) is 42.8 Å². The minimum absolute atomic E-state index is 0.314. The Kier molecular flexibility index (Phi) is 5.09. The van der Waals surface area contributed by atoms with Crippen LogP contribution in [0.3, 0.4) is 0 Å². The molecule has 0 unspecified atom stereocenters. The van der Waals surface area contributed by atoms with Crippen molar-refractivity contribution in [2.45, 2.75) is 57.5 Å². The van der Waals surface area contributed by atoms with Gasteiger partial charge in [0.25, 0.3) is 0 Å². The van der Waals surface area contributed by atoms with E-state index < -0.39 is 0 Å². The molecule has 0 N–H and O–H groups in total. The Morgan fingerprint density at radius 2 is 1.83 bits per heavy atom. The van der Waals surface area contributed by atoms with Crippen LogP contribution in [-0.2, 0) is 4.74 Å². The number of hydrogen-bond donors (Lipinski definition) is 0. The molecule has 2 saturated heterocycles. The second-order valence-corrected chi connectivity index (χ2v) is 8.55. The van der Waals surface area contributed by atoms with Gasteiger partial charge >= 0.3 is 0 Å². The predicted octanol–water partition coefficient (Wildman–Crippen LogP) is 4.03. The van der Waals surface area contributed by atoms with Crippen LogP contribution in [0.5, 0.6) is 0 Å². The number of aromatic nitrogens is 4. The van der Waals surface area contributed by atoms with E-state index in [1.54, 1.807) is 0 Å². The Hall–Kier alpha value is -2.25. The van der Waals surface area contributed by atoms with Crippen molar-refractivity contribution in [2.75, 3.05) is 26.3 Å². The first-order valence-electron chi connectivity index (χ1n) is 10.8. The van der Waals surface area contributed by atoms with Gasteiger partial charge in [-0.2, -0.15) is 5.10 Å². The molecule has 2 aromatic heterocycles. The van der Waals surface area contributed by atoms with Gasteiger partial charge in [-0.15, -0.1) is 10.2 Å². The Morgan fingerprint density at radius 3 is 2.59 bits per heavy atom. The molecule has 2 aliphatic heterocycles. The van der Waals surface area contributed by atoms with Crippen molar-refractivity contribution in [3.8, 4) is 11.5 Å². The average Bonchev–Trinajstić information content (AvgIpc) is 3.42. The first-order valence-corrected chi connectivity index (χ1v) is 10.8. The molecule has 29 heavy (non-hydrogen) atoms. The van der Waals surface area contributed by atoms with Crippen molar-refractivity contribution < 1.29 is 9.15 Å². The molecule has 7 nitrogen and oxygen atoms in total. The summed E-state index contributed by atoms with van der Waals surface area (Å²) in [6.07, 6.45) is 6.54. The minimum atomic E-state index is 0.314. The van der Waals surface area contributed by atoms with Crippen molar-refractivity contribution >= 4 is 10.9 Å². The third-order valence-electron chi connectivity index (χ3n) is 6.34. The number of likely N-dealkylation sites (tertiary alicyclic amines) is 1. The van der Waals surface area contributed by atoms with Gasteiger partial charge in [0.15, 0.2) is 0 Å². The Balaban J connectivity index is 1.32. The van der Waals surface area contributed by atoms with Crippen LogP contribution >= 0.6 is 0 Å². The monoisotopic (exact) mass is 395 g/mol. The predicted molar refractivity (Wildman–Crippen MR) is 111 cm³/mol. The molecule has 0 amide bonds. The van der Waals surface area contributed by atoms with Crippen LogP contribution in [0.4, 0.5) is 0 Å². The van der Waals surface area contributed by atoms with Gasteiger partial charge in [0.05, 0.1) is 5.56 Å². The smallest absolute Gasteiger partial charge is 0.250 e. The Morgan fingerprint density at radius 1 is 1.03 bits per heavy atom. The van der Waals surface area contributed by atoms with Gasteiger partial charge in [-0.05, 0) is 58.7 Å². The number of ether oxygens (including phenoxy) is 1. The highest BCUT2D eigenvalue weighted by molar-refractivity contribution is 5.91. The van der Waals surface area contributed by atoms with Gasteiger partial charge in [0.2, 0.25) is 11.8 Å². The molecule has 154 valence electrons. The standard InChI is InChI=1S/C22H29N5O2/c1-15(2)27-14-17-4-3-5-19(20(17)25-27)22-24-23-21(29-22)16-6-10-26(11-7-16)18-8-12-28-13-9-18/h3-5,14-16,18H,6-13H2,1-2H3. The van der Waals surface area contributed by atoms with E-state index in [1.165, 1.54) is 0 Å². The van der Waals surface area contributed by atoms with Crippen LogP contribution in [0.25, 0.3) is 22.4 Å². The van der Waals surface area contributed by atoms with Gasteiger partial charge in [0.1, 0.15) is 5.52 Å². The molecule has 0 atom stereocenters. The fourth-order valence-corrected chi connectivity index (χ4v) is 4.57. The maximum Gasteiger partial charge on any atom is 0.250 e. The average molecular weight is 396 g/mol.